The Hall–Kier alpha value is -4.35. The summed E-state index contributed by atoms with van der Waals surface area (Å²) < 4.78 is 73.8. The topological polar surface area (TPSA) is 195 Å². The summed E-state index contributed by atoms with van der Waals surface area (Å²) in [5, 5.41) is 4.45. The Kier molecular flexibility index (Phi) is 10.5. The normalized spacial score (nSPS) is 32.7. The molecule has 6 aliphatic rings. The minimum absolute atomic E-state index is 0.139. The molecule has 2 aromatic rings. The molecule has 1 aromatic carbocycles. The molecule has 4 saturated carbocycles. The Morgan fingerprint density at radius 1 is 1.02 bits per heavy atom. The number of aryl methyl sites for hydroxylation is 1. The first-order valence-corrected chi connectivity index (χ1v) is 22.0. The number of nitrogens with zero attached hydrogens (tertiary/aromatic N) is 3. The average Bonchev–Trinajstić information content (AvgIpc) is 4.10. The number of hydrogen-bond donors (Lipinski definition) is 3. The van der Waals surface area contributed by atoms with E-state index in [1.165, 1.54) is 12.0 Å². The van der Waals surface area contributed by atoms with Crippen LogP contribution >= 0.6 is 0 Å². The third kappa shape index (κ3) is 8.01. The summed E-state index contributed by atoms with van der Waals surface area (Å²) in [4.78, 5) is 67.2. The highest BCUT2D eigenvalue weighted by Gasteiger charge is 2.67. The molecule has 58 heavy (non-hydrogen) atoms. The van der Waals surface area contributed by atoms with Gasteiger partial charge in [-0.25, -0.2) is 32.0 Å². The van der Waals surface area contributed by atoms with Crippen LogP contribution in [0, 0.1) is 29.1 Å². The Morgan fingerprint density at radius 2 is 1.79 bits per heavy atom. The Labute approximate surface area is 336 Å². The lowest BCUT2D eigenvalue weighted by Crippen LogP contribution is -2.60. The minimum atomic E-state index is -4.13. The molecular weight excluding hydrogens is 779 g/mol. The zero-order valence-electron chi connectivity index (χ0n) is 33.2. The van der Waals surface area contributed by atoms with E-state index in [1.807, 2.05) is 10.8 Å². The van der Waals surface area contributed by atoms with Crippen molar-refractivity contribution in [2.45, 2.75) is 133 Å². The fourth-order valence-electron chi connectivity index (χ4n) is 9.26. The van der Waals surface area contributed by atoms with Crippen molar-refractivity contribution < 1.29 is 50.6 Å². The molecule has 1 aromatic heterocycles. The molecule has 15 nitrogen and oxygen atoms in total. The summed E-state index contributed by atoms with van der Waals surface area (Å²) in [5.74, 6) is -2.71. The number of alkyl carbamates (subject to hydrolysis) is 1. The highest BCUT2D eigenvalue weighted by Crippen LogP contribution is 2.57. The number of ether oxygens (including phenoxy) is 3. The van der Waals surface area contributed by atoms with Gasteiger partial charge in [-0.3, -0.25) is 19.1 Å². The second-order valence-corrected chi connectivity index (χ2v) is 20.1. The average molecular weight is 831 g/mol. The number of nitrogens with one attached hydrogen (secondary N) is 3. The van der Waals surface area contributed by atoms with Gasteiger partial charge in [0.1, 0.15) is 41.3 Å². The highest BCUT2D eigenvalue weighted by atomic mass is 32.2. The molecule has 2 aliphatic heterocycles. The first-order valence-electron chi connectivity index (χ1n) is 20.4. The Balaban J connectivity index is 1.13. The molecule has 5 fully saturated rings. The van der Waals surface area contributed by atoms with E-state index in [0.29, 0.717) is 47.7 Å². The molecule has 9 atom stereocenters. The highest BCUT2D eigenvalue weighted by molar-refractivity contribution is 7.91. The molecular formula is C40H52F2N6O9S. The van der Waals surface area contributed by atoms with Gasteiger partial charge in [0, 0.05) is 12.5 Å². The molecule has 3 heterocycles. The standard InChI is InChI=1S/C40H52F2N6O9S/c1-39(2,3)32-36(50)48-19-23(17-30(48)34(49)46-40(18-26(40)33(41)42)37(51)47-58(53,54)24-11-12-24)56-35-28(43-27-13-10-22(55-4)16-29(27)44-35)9-7-5-6-8-20-14-21-15-25(21)31(20)57-38(52)45-32/h10,13,16,20-21,23-26,30-33H,5-9,11-12,14-15,17-19H2,1-4H3,(H,45,52)(H,46,49)(H,47,51)/t20-,21+,23-,25?,26+,30+,31+,32-,40-/m1/s1. The van der Waals surface area contributed by atoms with Crippen molar-refractivity contribution in [3.8, 4) is 11.6 Å². The SMILES string of the molecule is COc1ccc2nc3c(nc2c1)O[C@@H]1C[C@@H](C(=O)N[C@]2(C(=O)NS(=O)(=O)C4CC4)C[C@H]2C(F)F)N(C1)C(=O)[C@H](C(C)(C)C)NC(=O)O[C@@H]1C2C[C@@H]2C[C@H]1CCCCC3. The summed E-state index contributed by atoms with van der Waals surface area (Å²) in [5.41, 5.74) is -1.38. The van der Waals surface area contributed by atoms with Gasteiger partial charge in [-0.05, 0) is 86.7 Å². The van der Waals surface area contributed by atoms with Crippen LogP contribution in [0.3, 0.4) is 0 Å². The molecule has 1 unspecified atom stereocenters. The summed E-state index contributed by atoms with van der Waals surface area (Å²) in [6.45, 7) is 5.12. The van der Waals surface area contributed by atoms with E-state index in [1.54, 1.807) is 32.9 Å². The van der Waals surface area contributed by atoms with E-state index in [4.69, 9.17) is 24.2 Å². The van der Waals surface area contributed by atoms with Crippen LogP contribution in [0.4, 0.5) is 13.6 Å². The van der Waals surface area contributed by atoms with Gasteiger partial charge in [0.05, 0.1) is 35.9 Å². The van der Waals surface area contributed by atoms with Gasteiger partial charge < -0.3 is 29.7 Å². The van der Waals surface area contributed by atoms with Crippen molar-refractivity contribution in [2.75, 3.05) is 13.7 Å². The van der Waals surface area contributed by atoms with E-state index < -0.39 is 87.0 Å². The van der Waals surface area contributed by atoms with Gasteiger partial charge in [0.25, 0.3) is 5.91 Å². The quantitative estimate of drug-likeness (QED) is 0.365. The first kappa shape index (κ1) is 40.4. The van der Waals surface area contributed by atoms with Crippen LogP contribution in [0.25, 0.3) is 11.0 Å². The third-order valence-electron chi connectivity index (χ3n) is 12.9. The van der Waals surface area contributed by atoms with Gasteiger partial charge in [-0.15, -0.1) is 0 Å². The van der Waals surface area contributed by atoms with E-state index in [0.717, 1.165) is 38.5 Å². The molecule has 316 valence electrons. The second-order valence-electron chi connectivity index (χ2n) is 18.2. The van der Waals surface area contributed by atoms with Crippen molar-refractivity contribution >= 4 is 44.9 Å². The Morgan fingerprint density at radius 3 is 2.48 bits per heavy atom. The lowest BCUT2D eigenvalue weighted by molar-refractivity contribution is -0.143. The predicted molar refractivity (Wildman–Crippen MR) is 204 cm³/mol. The van der Waals surface area contributed by atoms with E-state index >= 15 is 0 Å². The number of hydrogen-bond acceptors (Lipinski definition) is 11. The number of carbonyl (C=O) groups excluding carboxylic acids is 4. The van der Waals surface area contributed by atoms with E-state index in [2.05, 4.69) is 10.6 Å². The van der Waals surface area contributed by atoms with Gasteiger partial charge in [-0.1, -0.05) is 33.6 Å². The smallest absolute Gasteiger partial charge is 0.408 e. The molecule has 1 saturated heterocycles. The third-order valence-corrected chi connectivity index (χ3v) is 14.7. The largest absolute Gasteiger partial charge is 0.497 e. The number of amides is 4. The number of carbonyl (C=O) groups is 4. The van der Waals surface area contributed by atoms with Crippen molar-refractivity contribution in [1.82, 2.24) is 30.2 Å². The predicted octanol–water partition coefficient (Wildman–Crippen LogP) is 4.02. The molecule has 8 rings (SSSR count). The van der Waals surface area contributed by atoms with Crippen LogP contribution in [0.5, 0.6) is 11.6 Å². The fraction of sp³-hybridized carbons (Fsp3) is 0.700. The monoisotopic (exact) mass is 830 g/mol. The lowest BCUT2D eigenvalue weighted by atomic mass is 9.85. The van der Waals surface area contributed by atoms with Crippen LogP contribution in [-0.2, 0) is 35.6 Å². The summed E-state index contributed by atoms with van der Waals surface area (Å²) in [6, 6.07) is 2.76. The number of aromatic nitrogens is 2. The molecule has 4 aliphatic carbocycles. The zero-order chi connectivity index (χ0) is 41.3. The lowest BCUT2D eigenvalue weighted by Gasteiger charge is -2.36. The maximum Gasteiger partial charge on any atom is 0.408 e. The van der Waals surface area contributed by atoms with Crippen LogP contribution in [0.2, 0.25) is 0 Å². The van der Waals surface area contributed by atoms with Gasteiger partial charge in [0.15, 0.2) is 0 Å². The molecule has 2 bridgehead atoms. The minimum Gasteiger partial charge on any atom is -0.497 e. The van der Waals surface area contributed by atoms with Crippen molar-refractivity contribution in [3.05, 3.63) is 23.9 Å². The summed E-state index contributed by atoms with van der Waals surface area (Å²) in [7, 11) is -2.60. The van der Waals surface area contributed by atoms with Crippen molar-refractivity contribution in [2.24, 2.45) is 29.1 Å². The number of halogens is 2. The van der Waals surface area contributed by atoms with Crippen molar-refractivity contribution in [1.29, 1.82) is 0 Å². The van der Waals surface area contributed by atoms with E-state index in [9.17, 15) is 36.4 Å². The van der Waals surface area contributed by atoms with Crippen LogP contribution in [0.1, 0.15) is 90.7 Å². The summed E-state index contributed by atoms with van der Waals surface area (Å²) >= 11 is 0. The number of benzene rings is 1. The van der Waals surface area contributed by atoms with Crippen molar-refractivity contribution in [3.63, 3.8) is 0 Å². The number of fused-ring (bicyclic) bond motifs is 7. The molecule has 3 N–H and O–H groups in total. The maximum absolute atomic E-state index is 14.8. The van der Waals surface area contributed by atoms with Gasteiger partial charge in [-0.2, -0.15) is 0 Å². The number of methoxy groups -OCH3 is 1. The Bertz CT molecular complexity index is 2100. The van der Waals surface area contributed by atoms with Crippen LogP contribution < -0.4 is 24.8 Å². The number of sulfonamides is 1. The molecule has 18 heteroatoms. The molecule has 0 radical (unpaired) electrons. The fourth-order valence-corrected chi connectivity index (χ4v) is 10.6. The van der Waals surface area contributed by atoms with Gasteiger partial charge >= 0.3 is 6.09 Å². The number of rotatable bonds is 7. The molecule has 0 spiro atoms. The first-order chi connectivity index (χ1) is 27.5. The number of alkyl halides is 2. The molecule has 4 amide bonds. The van der Waals surface area contributed by atoms with Gasteiger partial charge in [0.2, 0.25) is 34.1 Å². The second kappa shape index (κ2) is 15.0. The zero-order valence-corrected chi connectivity index (χ0v) is 34.0. The van der Waals surface area contributed by atoms with Crippen LogP contribution in [0.15, 0.2) is 18.2 Å². The van der Waals surface area contributed by atoms with Crippen LogP contribution in [-0.4, -0.2) is 102 Å². The maximum atomic E-state index is 14.8. The summed E-state index contributed by atoms with van der Waals surface area (Å²) in [6.07, 6.45) is 1.11. The van der Waals surface area contributed by atoms with E-state index in [-0.39, 0.29) is 36.8 Å².